The number of carbonyl (C=O) groups excluding carboxylic acids is 1. The molecule has 12 heteroatoms. The number of nitrogens with zero attached hydrogens (tertiary/aromatic N) is 3. The van der Waals surface area contributed by atoms with Crippen LogP contribution in [0.5, 0.6) is 0 Å². The van der Waals surface area contributed by atoms with Crippen LogP contribution in [0.2, 0.25) is 0 Å². The Labute approximate surface area is 171 Å². The second-order valence-electron chi connectivity index (χ2n) is 5.67. The van der Waals surface area contributed by atoms with Gasteiger partial charge in [0.1, 0.15) is 4.21 Å². The molecular weight excluding hydrogens is 416 g/mol. The molecule has 0 unspecified atom stereocenters. The number of nitrogen functional groups attached to an aromatic ring is 1. The number of benzene rings is 1. The van der Waals surface area contributed by atoms with E-state index in [1.807, 2.05) is 30.3 Å². The molecule has 10 nitrogen and oxygen atoms in total. The van der Waals surface area contributed by atoms with E-state index in [1.54, 1.807) is 11.4 Å². The lowest BCUT2D eigenvalue weighted by Crippen LogP contribution is -2.26. The number of carbonyl (C=O) groups is 1. The van der Waals surface area contributed by atoms with Gasteiger partial charge in [-0.2, -0.15) is 15.0 Å². The standard InChI is InChI=1S/C17H18N6O4S2/c18-16-21-13(22-17(23-16)20-12-5-2-1-3-6-12)11-27-14(24)8-9-19-29(25,26)15-7-4-10-28-15/h1-7,10,19H,8-9,11H2,(H3,18,20,21,22,23). The molecule has 0 aliphatic rings. The fraction of sp³-hybridized carbons (Fsp3) is 0.176. The third-order valence-electron chi connectivity index (χ3n) is 3.47. The van der Waals surface area contributed by atoms with Gasteiger partial charge in [-0.1, -0.05) is 24.3 Å². The zero-order valence-electron chi connectivity index (χ0n) is 15.1. The predicted octanol–water partition coefficient (Wildman–Crippen LogP) is 1.67. The highest BCUT2D eigenvalue weighted by Crippen LogP contribution is 2.15. The maximum atomic E-state index is 12.0. The molecule has 0 aliphatic heterocycles. The van der Waals surface area contributed by atoms with E-state index in [4.69, 9.17) is 10.5 Å². The number of nitrogens with two attached hydrogens (primary N) is 1. The Bertz CT molecular complexity index is 1060. The molecule has 4 N–H and O–H groups in total. The summed E-state index contributed by atoms with van der Waals surface area (Å²) in [4.78, 5) is 23.9. The summed E-state index contributed by atoms with van der Waals surface area (Å²) in [5.74, 6) is -0.231. The summed E-state index contributed by atoms with van der Waals surface area (Å²) < 4.78 is 31.6. The largest absolute Gasteiger partial charge is 0.457 e. The third-order valence-corrected chi connectivity index (χ3v) is 6.33. The number of esters is 1. The molecule has 2 aromatic heterocycles. The SMILES string of the molecule is Nc1nc(COC(=O)CCNS(=O)(=O)c2cccs2)nc(Nc2ccccc2)n1. The normalized spacial score (nSPS) is 11.2. The van der Waals surface area contributed by atoms with Crippen molar-refractivity contribution in [3.63, 3.8) is 0 Å². The van der Waals surface area contributed by atoms with Gasteiger partial charge >= 0.3 is 5.97 Å². The molecule has 3 rings (SSSR count). The van der Waals surface area contributed by atoms with Gasteiger partial charge in [0.15, 0.2) is 12.4 Å². The van der Waals surface area contributed by atoms with Gasteiger partial charge in [0, 0.05) is 12.2 Å². The van der Waals surface area contributed by atoms with Crippen LogP contribution in [0.25, 0.3) is 0 Å². The fourth-order valence-corrected chi connectivity index (χ4v) is 4.27. The average molecular weight is 435 g/mol. The van der Waals surface area contributed by atoms with E-state index >= 15 is 0 Å². The Hall–Kier alpha value is -3.09. The smallest absolute Gasteiger partial charge is 0.307 e. The van der Waals surface area contributed by atoms with Crippen LogP contribution < -0.4 is 15.8 Å². The van der Waals surface area contributed by atoms with E-state index in [0.717, 1.165) is 17.0 Å². The number of ether oxygens (including phenoxy) is 1. The summed E-state index contributed by atoms with van der Waals surface area (Å²) in [5, 5.41) is 4.64. The number of aromatic nitrogens is 3. The molecule has 0 amide bonds. The zero-order valence-corrected chi connectivity index (χ0v) is 16.7. The monoisotopic (exact) mass is 434 g/mol. The van der Waals surface area contributed by atoms with Gasteiger partial charge < -0.3 is 15.8 Å². The van der Waals surface area contributed by atoms with E-state index in [0.29, 0.717) is 0 Å². The van der Waals surface area contributed by atoms with Gasteiger partial charge in [-0.15, -0.1) is 11.3 Å². The van der Waals surface area contributed by atoms with Gasteiger partial charge in [-0.25, -0.2) is 13.1 Å². The van der Waals surface area contributed by atoms with E-state index in [2.05, 4.69) is 25.0 Å². The molecule has 29 heavy (non-hydrogen) atoms. The first-order chi connectivity index (χ1) is 13.9. The Morgan fingerprint density at radius 1 is 1.10 bits per heavy atom. The van der Waals surface area contributed by atoms with E-state index in [9.17, 15) is 13.2 Å². The van der Waals surface area contributed by atoms with Gasteiger partial charge in [-0.05, 0) is 23.6 Å². The Morgan fingerprint density at radius 2 is 1.90 bits per heavy atom. The lowest BCUT2D eigenvalue weighted by molar-refractivity contribution is -0.145. The molecule has 0 spiro atoms. The van der Waals surface area contributed by atoms with Crippen molar-refractivity contribution in [2.24, 2.45) is 0 Å². The van der Waals surface area contributed by atoms with E-state index in [1.165, 1.54) is 6.07 Å². The summed E-state index contributed by atoms with van der Waals surface area (Å²) in [6.07, 6.45) is -0.139. The van der Waals surface area contributed by atoms with Crippen molar-refractivity contribution in [1.29, 1.82) is 0 Å². The van der Waals surface area contributed by atoms with Crippen molar-refractivity contribution in [3.8, 4) is 0 Å². The van der Waals surface area contributed by atoms with Crippen molar-refractivity contribution in [2.45, 2.75) is 17.2 Å². The number of hydrogen-bond donors (Lipinski definition) is 3. The highest BCUT2D eigenvalue weighted by Gasteiger charge is 2.15. The average Bonchev–Trinajstić information content (AvgIpc) is 3.22. The minimum atomic E-state index is -3.62. The van der Waals surface area contributed by atoms with Crippen molar-refractivity contribution in [3.05, 3.63) is 53.7 Å². The molecule has 2 heterocycles. The van der Waals surface area contributed by atoms with Crippen molar-refractivity contribution < 1.29 is 17.9 Å². The van der Waals surface area contributed by atoms with Crippen molar-refractivity contribution in [1.82, 2.24) is 19.7 Å². The molecule has 0 atom stereocenters. The van der Waals surface area contributed by atoms with E-state index in [-0.39, 0.29) is 41.5 Å². The highest BCUT2D eigenvalue weighted by atomic mass is 32.2. The summed E-state index contributed by atoms with van der Waals surface area (Å²) in [7, 11) is -3.62. The Kier molecular flexibility index (Phi) is 6.69. The molecule has 0 saturated heterocycles. The lowest BCUT2D eigenvalue weighted by atomic mass is 10.3. The molecular formula is C17H18N6O4S2. The minimum absolute atomic E-state index is 0.0202. The van der Waals surface area contributed by atoms with Crippen LogP contribution in [0.15, 0.2) is 52.1 Å². The first-order valence-electron chi connectivity index (χ1n) is 8.44. The first kappa shape index (κ1) is 20.6. The van der Waals surface area contributed by atoms with Crippen LogP contribution in [-0.4, -0.2) is 35.9 Å². The van der Waals surface area contributed by atoms with E-state index < -0.39 is 16.0 Å². The van der Waals surface area contributed by atoms with Crippen molar-refractivity contribution in [2.75, 3.05) is 17.6 Å². The number of hydrogen-bond acceptors (Lipinski definition) is 10. The number of thiophene rings is 1. The number of nitrogens with one attached hydrogen (secondary N) is 2. The lowest BCUT2D eigenvalue weighted by Gasteiger charge is -2.08. The zero-order chi connectivity index (χ0) is 20.7. The summed E-state index contributed by atoms with van der Waals surface area (Å²) in [6.45, 7) is -0.300. The van der Waals surface area contributed by atoms with Crippen LogP contribution in [0.4, 0.5) is 17.6 Å². The molecule has 152 valence electrons. The molecule has 0 saturated carbocycles. The molecule has 0 aliphatic carbocycles. The molecule has 1 aromatic carbocycles. The minimum Gasteiger partial charge on any atom is -0.457 e. The highest BCUT2D eigenvalue weighted by molar-refractivity contribution is 7.91. The molecule has 0 fully saturated rings. The number of rotatable bonds is 9. The van der Waals surface area contributed by atoms with Crippen LogP contribution >= 0.6 is 11.3 Å². The van der Waals surface area contributed by atoms with Crippen LogP contribution in [0.1, 0.15) is 12.2 Å². The first-order valence-corrected chi connectivity index (χ1v) is 10.8. The van der Waals surface area contributed by atoms with Crippen LogP contribution in [0, 0.1) is 0 Å². The van der Waals surface area contributed by atoms with Gasteiger partial charge in [0.05, 0.1) is 6.42 Å². The maximum absolute atomic E-state index is 12.0. The third kappa shape index (κ3) is 6.20. The van der Waals surface area contributed by atoms with Gasteiger partial charge in [0.25, 0.3) is 0 Å². The Balaban J connectivity index is 1.49. The Morgan fingerprint density at radius 3 is 2.62 bits per heavy atom. The number of anilines is 3. The van der Waals surface area contributed by atoms with Crippen LogP contribution in [-0.2, 0) is 26.2 Å². The number of para-hydroxylation sites is 1. The second kappa shape index (κ2) is 9.41. The second-order valence-corrected chi connectivity index (χ2v) is 8.61. The molecule has 3 aromatic rings. The van der Waals surface area contributed by atoms with Gasteiger partial charge in [-0.3, -0.25) is 4.79 Å². The van der Waals surface area contributed by atoms with Crippen LogP contribution in [0.3, 0.4) is 0 Å². The maximum Gasteiger partial charge on any atom is 0.307 e. The fourth-order valence-electron chi connectivity index (χ4n) is 2.20. The summed E-state index contributed by atoms with van der Waals surface area (Å²) >= 11 is 1.09. The topological polar surface area (TPSA) is 149 Å². The quantitative estimate of drug-likeness (QED) is 0.427. The van der Waals surface area contributed by atoms with Crippen molar-refractivity contribution >= 4 is 44.9 Å². The van der Waals surface area contributed by atoms with Gasteiger partial charge in [0.2, 0.25) is 21.9 Å². The molecule has 0 bridgehead atoms. The molecule has 0 radical (unpaired) electrons. The predicted molar refractivity (Wildman–Crippen MR) is 108 cm³/mol. The summed E-state index contributed by atoms with van der Waals surface area (Å²) in [5.41, 5.74) is 6.44. The summed E-state index contributed by atoms with van der Waals surface area (Å²) in [6, 6.07) is 12.4. The number of sulfonamides is 1.